The maximum absolute atomic E-state index is 10.7. The van der Waals surface area contributed by atoms with E-state index in [1.165, 1.54) is 6.92 Å². The lowest BCUT2D eigenvalue weighted by Crippen LogP contribution is -2.02. The van der Waals surface area contributed by atoms with Crippen molar-refractivity contribution in [3.05, 3.63) is 35.4 Å². The molecule has 0 bridgehead atoms. The fourth-order valence-electron chi connectivity index (χ4n) is 1.18. The first-order valence-corrected chi connectivity index (χ1v) is 4.33. The van der Waals surface area contributed by atoms with Crippen LogP contribution in [0, 0.1) is 6.92 Å². The lowest BCUT2D eigenvalue weighted by atomic mass is 10.0. The Bertz CT molecular complexity index is 287. The van der Waals surface area contributed by atoms with Crippen LogP contribution in [-0.4, -0.2) is 10.9 Å². The van der Waals surface area contributed by atoms with Crippen molar-refractivity contribution in [2.45, 2.75) is 26.4 Å². The molecule has 0 saturated carbocycles. The van der Waals surface area contributed by atoms with Crippen LogP contribution in [0.4, 0.5) is 0 Å². The average Bonchev–Trinajstić information content (AvgIpc) is 2.04. The van der Waals surface area contributed by atoms with Gasteiger partial charge in [-0.2, -0.15) is 0 Å². The number of hydrogen-bond acceptors (Lipinski definition) is 2. The molecule has 1 rings (SSSR count). The molecular weight excluding hydrogens is 164 g/mol. The number of rotatable bonds is 3. The summed E-state index contributed by atoms with van der Waals surface area (Å²) in [6, 6.07) is 7.56. The molecule has 1 aromatic carbocycles. The largest absolute Gasteiger partial charge is 0.388 e. The third-order valence-electron chi connectivity index (χ3n) is 1.94. The van der Waals surface area contributed by atoms with Crippen molar-refractivity contribution in [1.82, 2.24) is 0 Å². The summed E-state index contributed by atoms with van der Waals surface area (Å²) >= 11 is 0. The number of carbonyl (C=O) groups excluding carboxylic acids is 1. The van der Waals surface area contributed by atoms with Gasteiger partial charge < -0.3 is 5.11 Å². The maximum Gasteiger partial charge on any atom is 0.132 e. The monoisotopic (exact) mass is 178 g/mol. The summed E-state index contributed by atoms with van der Waals surface area (Å²) in [5.74, 6) is 0.00748. The Hall–Kier alpha value is -1.15. The normalized spacial score (nSPS) is 12.5. The fourth-order valence-corrected chi connectivity index (χ4v) is 1.18. The zero-order valence-corrected chi connectivity index (χ0v) is 7.95. The van der Waals surface area contributed by atoms with Crippen molar-refractivity contribution in [2.75, 3.05) is 0 Å². The molecule has 0 radical (unpaired) electrons. The molecule has 2 nitrogen and oxygen atoms in total. The summed E-state index contributed by atoms with van der Waals surface area (Å²) in [6.45, 7) is 3.47. The molecule has 0 unspecified atom stereocenters. The lowest BCUT2D eigenvalue weighted by molar-refractivity contribution is -0.118. The quantitative estimate of drug-likeness (QED) is 0.768. The second-order valence-electron chi connectivity index (χ2n) is 3.33. The Balaban J connectivity index is 2.71. The van der Waals surface area contributed by atoms with Crippen LogP contribution in [0.1, 0.15) is 30.6 Å². The number of hydrogen-bond donors (Lipinski definition) is 1. The van der Waals surface area contributed by atoms with Gasteiger partial charge in [0.15, 0.2) is 0 Å². The number of Topliss-reactive ketones (excluding diaryl/α,β-unsaturated/α-hetero) is 1. The van der Waals surface area contributed by atoms with Gasteiger partial charge in [0.2, 0.25) is 0 Å². The second kappa shape index (κ2) is 4.19. The van der Waals surface area contributed by atoms with Gasteiger partial charge in [-0.15, -0.1) is 0 Å². The van der Waals surface area contributed by atoms with E-state index < -0.39 is 6.10 Å². The Morgan fingerprint density at radius 3 is 2.38 bits per heavy atom. The van der Waals surface area contributed by atoms with Gasteiger partial charge in [0.1, 0.15) is 5.78 Å². The van der Waals surface area contributed by atoms with Gasteiger partial charge in [0, 0.05) is 6.42 Å². The third-order valence-corrected chi connectivity index (χ3v) is 1.94. The molecule has 0 spiro atoms. The molecule has 13 heavy (non-hydrogen) atoms. The molecule has 70 valence electrons. The van der Waals surface area contributed by atoms with Gasteiger partial charge in [-0.05, 0) is 19.4 Å². The molecular formula is C11H14O2. The van der Waals surface area contributed by atoms with Crippen molar-refractivity contribution in [3.63, 3.8) is 0 Å². The van der Waals surface area contributed by atoms with E-state index in [2.05, 4.69) is 0 Å². The van der Waals surface area contributed by atoms with Crippen LogP contribution < -0.4 is 0 Å². The van der Waals surface area contributed by atoms with E-state index in [0.29, 0.717) is 0 Å². The van der Waals surface area contributed by atoms with E-state index >= 15 is 0 Å². The topological polar surface area (TPSA) is 37.3 Å². The van der Waals surface area contributed by atoms with E-state index in [9.17, 15) is 9.90 Å². The number of aliphatic hydroxyl groups is 1. The number of aryl methyl sites for hydroxylation is 1. The Labute approximate surface area is 78.2 Å². The van der Waals surface area contributed by atoms with Crippen molar-refractivity contribution in [2.24, 2.45) is 0 Å². The molecule has 0 aromatic heterocycles. The van der Waals surface area contributed by atoms with E-state index in [1.54, 1.807) is 0 Å². The fraction of sp³-hybridized carbons (Fsp3) is 0.364. The minimum atomic E-state index is -0.655. The van der Waals surface area contributed by atoms with Gasteiger partial charge in [0.25, 0.3) is 0 Å². The number of aliphatic hydroxyl groups excluding tert-OH is 1. The first kappa shape index (κ1) is 9.93. The molecule has 1 aromatic rings. The zero-order valence-electron chi connectivity index (χ0n) is 7.95. The molecule has 0 saturated heterocycles. The summed E-state index contributed by atoms with van der Waals surface area (Å²) in [5.41, 5.74) is 1.96. The van der Waals surface area contributed by atoms with E-state index in [4.69, 9.17) is 0 Å². The predicted molar refractivity (Wildman–Crippen MR) is 51.4 cm³/mol. The highest BCUT2D eigenvalue weighted by Crippen LogP contribution is 2.16. The first-order chi connectivity index (χ1) is 6.09. The van der Waals surface area contributed by atoms with E-state index in [-0.39, 0.29) is 12.2 Å². The molecule has 0 aliphatic carbocycles. The SMILES string of the molecule is CC(=O)C[C@@H](O)c1ccc(C)cc1. The predicted octanol–water partition coefficient (Wildman–Crippen LogP) is 2.01. The smallest absolute Gasteiger partial charge is 0.132 e. The number of ketones is 1. The second-order valence-corrected chi connectivity index (χ2v) is 3.33. The van der Waals surface area contributed by atoms with Gasteiger partial charge in [-0.3, -0.25) is 4.79 Å². The van der Waals surface area contributed by atoms with Crippen LogP contribution in [0.3, 0.4) is 0 Å². The molecule has 0 amide bonds. The number of benzene rings is 1. The Kier molecular flexibility index (Phi) is 3.20. The van der Waals surface area contributed by atoms with Crippen molar-refractivity contribution in [1.29, 1.82) is 0 Å². The van der Waals surface area contributed by atoms with E-state index in [0.717, 1.165) is 11.1 Å². The summed E-state index contributed by atoms with van der Waals surface area (Å²) in [4.78, 5) is 10.7. The van der Waals surface area contributed by atoms with Gasteiger partial charge in [0.05, 0.1) is 6.10 Å². The molecule has 1 atom stereocenters. The molecule has 1 N–H and O–H groups in total. The maximum atomic E-state index is 10.7. The van der Waals surface area contributed by atoms with Gasteiger partial charge >= 0.3 is 0 Å². The molecule has 0 fully saturated rings. The minimum Gasteiger partial charge on any atom is -0.388 e. The summed E-state index contributed by atoms with van der Waals surface area (Å²) < 4.78 is 0. The molecule has 0 heterocycles. The van der Waals surface area contributed by atoms with E-state index in [1.807, 2.05) is 31.2 Å². The molecule has 2 heteroatoms. The first-order valence-electron chi connectivity index (χ1n) is 4.33. The highest BCUT2D eigenvalue weighted by atomic mass is 16.3. The highest BCUT2D eigenvalue weighted by molar-refractivity contribution is 5.76. The summed E-state index contributed by atoms with van der Waals surface area (Å²) in [5, 5.41) is 9.56. The van der Waals surface area contributed by atoms with Crippen LogP contribution >= 0.6 is 0 Å². The van der Waals surface area contributed by atoms with Crippen LogP contribution in [0.25, 0.3) is 0 Å². The summed E-state index contributed by atoms with van der Waals surface area (Å²) in [6.07, 6.45) is -0.457. The van der Waals surface area contributed by atoms with Crippen molar-refractivity contribution in [3.8, 4) is 0 Å². The summed E-state index contributed by atoms with van der Waals surface area (Å²) in [7, 11) is 0. The van der Waals surface area contributed by atoms with Gasteiger partial charge in [-0.25, -0.2) is 0 Å². The number of carbonyl (C=O) groups is 1. The third kappa shape index (κ3) is 2.99. The van der Waals surface area contributed by atoms with Gasteiger partial charge in [-0.1, -0.05) is 29.8 Å². The highest BCUT2D eigenvalue weighted by Gasteiger charge is 2.08. The van der Waals surface area contributed by atoms with Crippen molar-refractivity contribution >= 4 is 5.78 Å². The van der Waals surface area contributed by atoms with Crippen LogP contribution in [0.5, 0.6) is 0 Å². The van der Waals surface area contributed by atoms with Crippen LogP contribution in [0.2, 0.25) is 0 Å². The zero-order chi connectivity index (χ0) is 9.84. The van der Waals surface area contributed by atoms with Crippen molar-refractivity contribution < 1.29 is 9.90 Å². The van der Waals surface area contributed by atoms with Crippen LogP contribution in [0.15, 0.2) is 24.3 Å². The standard InChI is InChI=1S/C11H14O2/c1-8-3-5-10(6-4-8)11(13)7-9(2)12/h3-6,11,13H,7H2,1-2H3/t11-/m1/s1. The average molecular weight is 178 g/mol. The minimum absolute atomic E-state index is 0.00748. The van der Waals surface area contributed by atoms with Crippen LogP contribution in [-0.2, 0) is 4.79 Å². The molecule has 0 aliphatic rings. The Morgan fingerprint density at radius 2 is 1.92 bits per heavy atom. The Morgan fingerprint density at radius 1 is 1.38 bits per heavy atom. The lowest BCUT2D eigenvalue weighted by Gasteiger charge is -2.08. The molecule has 0 aliphatic heterocycles.